The highest BCUT2D eigenvalue weighted by Gasteiger charge is 2.38. The van der Waals surface area contributed by atoms with Crippen LogP contribution in [0.15, 0.2) is 47.2 Å². The van der Waals surface area contributed by atoms with Crippen molar-refractivity contribution in [1.29, 1.82) is 5.26 Å². The van der Waals surface area contributed by atoms with Gasteiger partial charge in [0.25, 0.3) is 5.89 Å². The van der Waals surface area contributed by atoms with Crippen LogP contribution in [0.3, 0.4) is 0 Å². The summed E-state index contributed by atoms with van der Waals surface area (Å²) in [6.45, 7) is 0.871. The van der Waals surface area contributed by atoms with E-state index >= 15 is 0 Å². The van der Waals surface area contributed by atoms with Crippen LogP contribution in [-0.2, 0) is 0 Å². The van der Waals surface area contributed by atoms with Gasteiger partial charge in [0.2, 0.25) is 5.82 Å². The minimum atomic E-state index is -4.54. The number of aromatic nitrogens is 4. The van der Waals surface area contributed by atoms with Gasteiger partial charge in [-0.1, -0.05) is 5.16 Å². The molecule has 1 N–H and O–H groups in total. The molecule has 29 heavy (non-hydrogen) atoms. The average Bonchev–Trinajstić information content (AvgIpc) is 3.36. The Bertz CT molecular complexity index is 1220. The summed E-state index contributed by atoms with van der Waals surface area (Å²) in [7, 11) is 0. The molecule has 0 aliphatic carbocycles. The lowest BCUT2D eigenvalue weighted by Gasteiger charge is -2.18. The number of nitrogens with one attached hydrogen (secondary N) is 1. The lowest BCUT2D eigenvalue weighted by atomic mass is 10.1. The third-order valence-electron chi connectivity index (χ3n) is 4.22. The third kappa shape index (κ3) is 3.62. The first-order valence-electron chi connectivity index (χ1n) is 8.40. The predicted octanol–water partition coefficient (Wildman–Crippen LogP) is 4.48. The number of imidazole rings is 1. The highest BCUT2D eigenvalue weighted by atomic mass is 19.4. The molecule has 0 aliphatic heterocycles. The van der Waals surface area contributed by atoms with Crippen molar-refractivity contribution < 1.29 is 22.4 Å². The number of ether oxygens (including phenoxy) is 1. The van der Waals surface area contributed by atoms with E-state index in [0.717, 1.165) is 18.0 Å². The third-order valence-corrected chi connectivity index (χ3v) is 4.22. The van der Waals surface area contributed by atoms with Crippen molar-refractivity contribution in [1.82, 2.24) is 20.1 Å². The molecule has 1 unspecified atom stereocenters. The molecule has 0 saturated carbocycles. The molecule has 146 valence electrons. The molecule has 4 aromatic rings. The summed E-state index contributed by atoms with van der Waals surface area (Å²) in [5.74, 6) is 0.267. The summed E-state index contributed by atoms with van der Waals surface area (Å²) in [5.41, 5.74) is 2.60. The molecule has 0 bridgehead atoms. The van der Waals surface area contributed by atoms with E-state index in [-0.39, 0.29) is 17.2 Å². The molecule has 2 aromatic heterocycles. The molecular weight excluding hydrogens is 387 g/mol. The molecule has 0 spiro atoms. The second-order valence-electron chi connectivity index (χ2n) is 6.18. The lowest BCUT2D eigenvalue weighted by Crippen LogP contribution is -2.31. The fourth-order valence-electron chi connectivity index (χ4n) is 2.64. The molecule has 7 nitrogen and oxygen atoms in total. The molecule has 2 aromatic carbocycles. The SMILES string of the molecule is CC(Oc1ccc(-c2nc(-c3ccc4nc[nH]c4c3)no2)cc1C#N)C(F)(F)F. The maximum Gasteiger partial charge on any atom is 0.425 e. The zero-order chi connectivity index (χ0) is 20.6. The number of halogens is 3. The number of nitrogens with zero attached hydrogens (tertiary/aromatic N) is 4. The number of nitriles is 1. The number of H-pyrrole nitrogens is 1. The predicted molar refractivity (Wildman–Crippen MR) is 95.7 cm³/mol. The summed E-state index contributed by atoms with van der Waals surface area (Å²) in [6, 6.07) is 11.3. The van der Waals surface area contributed by atoms with E-state index in [0.29, 0.717) is 17.0 Å². The Morgan fingerprint density at radius 1 is 1.17 bits per heavy atom. The van der Waals surface area contributed by atoms with Crippen molar-refractivity contribution >= 4 is 11.0 Å². The van der Waals surface area contributed by atoms with Gasteiger partial charge in [-0.25, -0.2) is 4.98 Å². The van der Waals surface area contributed by atoms with E-state index in [4.69, 9.17) is 9.26 Å². The lowest BCUT2D eigenvalue weighted by molar-refractivity contribution is -0.189. The molecule has 0 radical (unpaired) electrons. The number of alkyl halides is 3. The first-order valence-corrected chi connectivity index (χ1v) is 8.40. The van der Waals surface area contributed by atoms with Gasteiger partial charge in [-0.2, -0.15) is 23.4 Å². The molecule has 0 aliphatic rings. The second kappa shape index (κ2) is 6.94. The Morgan fingerprint density at radius 2 is 1.97 bits per heavy atom. The molecule has 0 fully saturated rings. The van der Waals surface area contributed by atoms with Crippen LogP contribution in [0.25, 0.3) is 33.9 Å². The van der Waals surface area contributed by atoms with Crippen LogP contribution in [0.4, 0.5) is 13.2 Å². The second-order valence-corrected chi connectivity index (χ2v) is 6.18. The standard InChI is InChI=1S/C19H12F3N5O2/c1-10(19(20,21)22)28-16-5-3-12(6-13(16)8-23)18-26-17(27-29-18)11-2-4-14-15(7-11)25-9-24-14/h2-7,9-10H,1H3,(H,24,25). The summed E-state index contributed by atoms with van der Waals surface area (Å²) < 4.78 is 48.3. The number of hydrogen-bond acceptors (Lipinski definition) is 6. The highest BCUT2D eigenvalue weighted by Crippen LogP contribution is 2.31. The molecule has 2 heterocycles. The number of fused-ring (bicyclic) bond motifs is 1. The van der Waals surface area contributed by atoms with Crippen molar-refractivity contribution in [3.63, 3.8) is 0 Å². The van der Waals surface area contributed by atoms with E-state index < -0.39 is 12.3 Å². The minimum absolute atomic E-state index is 0.0720. The zero-order valence-electron chi connectivity index (χ0n) is 14.9. The Kier molecular flexibility index (Phi) is 4.43. The van der Waals surface area contributed by atoms with E-state index in [1.807, 2.05) is 12.1 Å². The van der Waals surface area contributed by atoms with Crippen molar-refractivity contribution in [2.24, 2.45) is 0 Å². The van der Waals surface area contributed by atoms with Gasteiger partial charge in [0.15, 0.2) is 6.10 Å². The fraction of sp³-hybridized carbons (Fsp3) is 0.158. The zero-order valence-corrected chi connectivity index (χ0v) is 14.9. The molecule has 4 rings (SSSR count). The summed E-state index contributed by atoms with van der Waals surface area (Å²) in [5, 5.41) is 13.2. The van der Waals surface area contributed by atoms with Gasteiger partial charge in [-0.15, -0.1) is 0 Å². The number of aromatic amines is 1. The minimum Gasteiger partial charge on any atom is -0.480 e. The maximum absolute atomic E-state index is 12.7. The van der Waals surface area contributed by atoms with Crippen LogP contribution in [0, 0.1) is 11.3 Å². The van der Waals surface area contributed by atoms with Crippen LogP contribution in [0.1, 0.15) is 12.5 Å². The van der Waals surface area contributed by atoms with Gasteiger partial charge in [-0.05, 0) is 43.3 Å². The first kappa shape index (κ1) is 18.5. The number of benzene rings is 2. The first-order chi connectivity index (χ1) is 13.8. The highest BCUT2D eigenvalue weighted by molar-refractivity contribution is 5.80. The summed E-state index contributed by atoms with van der Waals surface area (Å²) in [4.78, 5) is 11.4. The number of rotatable bonds is 4. The maximum atomic E-state index is 12.7. The quantitative estimate of drug-likeness (QED) is 0.543. The van der Waals surface area contributed by atoms with Crippen LogP contribution in [0.5, 0.6) is 5.75 Å². The van der Waals surface area contributed by atoms with Crippen LogP contribution < -0.4 is 4.74 Å². The van der Waals surface area contributed by atoms with E-state index in [1.54, 1.807) is 18.5 Å². The Morgan fingerprint density at radius 3 is 2.72 bits per heavy atom. The summed E-state index contributed by atoms with van der Waals surface area (Å²) in [6.07, 6.45) is -5.02. The van der Waals surface area contributed by atoms with E-state index in [2.05, 4.69) is 20.1 Å². The largest absolute Gasteiger partial charge is 0.480 e. The van der Waals surface area contributed by atoms with Gasteiger partial charge in [0.05, 0.1) is 22.9 Å². The van der Waals surface area contributed by atoms with Crippen molar-refractivity contribution in [2.75, 3.05) is 0 Å². The molecular formula is C19H12F3N5O2. The Balaban J connectivity index is 1.63. The van der Waals surface area contributed by atoms with Gasteiger partial charge in [0.1, 0.15) is 11.8 Å². The molecule has 10 heteroatoms. The summed E-state index contributed by atoms with van der Waals surface area (Å²) >= 11 is 0. The molecule has 1 atom stereocenters. The smallest absolute Gasteiger partial charge is 0.425 e. The van der Waals surface area contributed by atoms with Gasteiger partial charge in [0, 0.05) is 11.1 Å². The average molecular weight is 399 g/mol. The Hall–Kier alpha value is -3.87. The van der Waals surface area contributed by atoms with E-state index in [1.165, 1.54) is 18.2 Å². The number of hydrogen-bond donors (Lipinski definition) is 1. The van der Waals surface area contributed by atoms with Gasteiger partial charge < -0.3 is 14.2 Å². The van der Waals surface area contributed by atoms with Crippen molar-refractivity contribution in [3.05, 3.63) is 48.3 Å². The van der Waals surface area contributed by atoms with Gasteiger partial charge in [-0.3, -0.25) is 0 Å². The van der Waals surface area contributed by atoms with Gasteiger partial charge >= 0.3 is 6.18 Å². The normalized spacial score (nSPS) is 12.7. The van der Waals surface area contributed by atoms with Crippen LogP contribution in [-0.4, -0.2) is 32.4 Å². The topological polar surface area (TPSA) is 101 Å². The van der Waals surface area contributed by atoms with E-state index in [9.17, 15) is 18.4 Å². The van der Waals surface area contributed by atoms with Crippen LogP contribution >= 0.6 is 0 Å². The van der Waals surface area contributed by atoms with Crippen molar-refractivity contribution in [3.8, 4) is 34.7 Å². The van der Waals surface area contributed by atoms with Crippen molar-refractivity contribution in [2.45, 2.75) is 19.2 Å². The fourth-order valence-corrected chi connectivity index (χ4v) is 2.64. The van der Waals surface area contributed by atoms with Crippen LogP contribution in [0.2, 0.25) is 0 Å². The monoisotopic (exact) mass is 399 g/mol. The molecule has 0 saturated heterocycles. The molecule has 0 amide bonds. The Labute approximate surface area is 161 Å².